The number of hydrogen-bond acceptors (Lipinski definition) is 4. The van der Waals surface area contributed by atoms with Crippen molar-refractivity contribution in [2.75, 3.05) is 6.54 Å². The van der Waals surface area contributed by atoms with Crippen LogP contribution in [0.3, 0.4) is 0 Å². The molecule has 1 atom stereocenters. The van der Waals surface area contributed by atoms with E-state index in [1.165, 1.54) is 0 Å². The van der Waals surface area contributed by atoms with Crippen molar-refractivity contribution in [1.82, 2.24) is 10.3 Å². The van der Waals surface area contributed by atoms with Crippen LogP contribution < -0.4 is 5.32 Å². The van der Waals surface area contributed by atoms with Crippen molar-refractivity contribution in [1.29, 1.82) is 0 Å². The summed E-state index contributed by atoms with van der Waals surface area (Å²) in [6.45, 7) is 5.22. The fourth-order valence-electron chi connectivity index (χ4n) is 1.10. The number of nitrogens with zero attached hydrogens (tertiary/aromatic N) is 1. The van der Waals surface area contributed by atoms with Gasteiger partial charge in [-0.2, -0.15) is 0 Å². The van der Waals surface area contributed by atoms with Gasteiger partial charge in [-0.1, -0.05) is 6.92 Å². The molecule has 0 aliphatic rings. The van der Waals surface area contributed by atoms with Crippen molar-refractivity contribution >= 4 is 0 Å². The van der Waals surface area contributed by atoms with E-state index in [4.69, 9.17) is 9.52 Å². The van der Waals surface area contributed by atoms with Gasteiger partial charge in [-0.3, -0.25) is 0 Å². The van der Waals surface area contributed by atoms with Gasteiger partial charge in [-0.15, -0.1) is 0 Å². The van der Waals surface area contributed by atoms with E-state index in [1.807, 2.05) is 6.92 Å². The molecular weight excluding hydrogens is 180 g/mol. The molecule has 0 spiro atoms. The molecule has 1 rings (SSSR count). The molecule has 0 aliphatic carbocycles. The van der Waals surface area contributed by atoms with Crippen LogP contribution in [0.5, 0.6) is 0 Å². The molecule has 0 aromatic carbocycles. The Morgan fingerprint density at radius 2 is 2.43 bits per heavy atom. The standard InChI is InChI=1S/C10H18N2O2/c1-3-9-6-12-10(14-9)7-11-5-4-8(2)13/h6,8,11,13H,3-5,7H2,1-2H3. The van der Waals surface area contributed by atoms with E-state index in [2.05, 4.69) is 10.3 Å². The largest absolute Gasteiger partial charge is 0.444 e. The van der Waals surface area contributed by atoms with Crippen LogP contribution in [0, 0.1) is 0 Å². The Hall–Kier alpha value is -0.870. The molecule has 0 aliphatic heterocycles. The van der Waals surface area contributed by atoms with E-state index in [0.717, 1.165) is 25.1 Å². The summed E-state index contributed by atoms with van der Waals surface area (Å²) in [6.07, 6.45) is 3.13. The molecule has 4 nitrogen and oxygen atoms in total. The van der Waals surface area contributed by atoms with Gasteiger partial charge >= 0.3 is 0 Å². The van der Waals surface area contributed by atoms with E-state index in [-0.39, 0.29) is 6.10 Å². The van der Waals surface area contributed by atoms with Gasteiger partial charge in [-0.05, 0) is 19.9 Å². The van der Waals surface area contributed by atoms with Crippen molar-refractivity contribution in [2.24, 2.45) is 0 Å². The third-order valence-corrected chi connectivity index (χ3v) is 1.97. The van der Waals surface area contributed by atoms with Crippen LogP contribution in [-0.4, -0.2) is 22.7 Å². The Bertz CT molecular complexity index is 258. The molecule has 1 heterocycles. The lowest BCUT2D eigenvalue weighted by atomic mass is 10.3. The molecule has 14 heavy (non-hydrogen) atoms. The molecule has 1 aromatic heterocycles. The summed E-state index contributed by atoms with van der Waals surface area (Å²) in [5, 5.41) is 12.2. The number of aliphatic hydroxyl groups excluding tert-OH is 1. The molecule has 0 saturated heterocycles. The second-order valence-electron chi connectivity index (χ2n) is 3.39. The minimum Gasteiger partial charge on any atom is -0.444 e. The number of rotatable bonds is 6. The van der Waals surface area contributed by atoms with Crippen LogP contribution >= 0.6 is 0 Å². The molecule has 1 aromatic rings. The quantitative estimate of drug-likeness (QED) is 0.672. The molecule has 0 saturated carbocycles. The third-order valence-electron chi connectivity index (χ3n) is 1.97. The molecule has 80 valence electrons. The summed E-state index contributed by atoms with van der Waals surface area (Å²) in [6, 6.07) is 0. The van der Waals surface area contributed by atoms with Crippen LogP contribution in [0.15, 0.2) is 10.6 Å². The Balaban J connectivity index is 2.18. The normalized spacial score (nSPS) is 13.1. The molecule has 2 N–H and O–H groups in total. The summed E-state index contributed by atoms with van der Waals surface area (Å²) in [5.41, 5.74) is 0. The first-order valence-electron chi connectivity index (χ1n) is 5.04. The van der Waals surface area contributed by atoms with E-state index in [0.29, 0.717) is 12.4 Å². The van der Waals surface area contributed by atoms with Crippen LogP contribution in [-0.2, 0) is 13.0 Å². The number of oxazole rings is 1. The lowest BCUT2D eigenvalue weighted by Crippen LogP contribution is -2.18. The van der Waals surface area contributed by atoms with Gasteiger partial charge in [-0.25, -0.2) is 4.98 Å². The molecule has 0 radical (unpaired) electrons. The second kappa shape index (κ2) is 5.78. The lowest BCUT2D eigenvalue weighted by Gasteiger charge is -2.03. The first-order valence-corrected chi connectivity index (χ1v) is 5.04. The fraction of sp³-hybridized carbons (Fsp3) is 0.700. The van der Waals surface area contributed by atoms with Gasteiger partial charge in [0.25, 0.3) is 0 Å². The lowest BCUT2D eigenvalue weighted by molar-refractivity contribution is 0.183. The maximum absolute atomic E-state index is 9.01. The summed E-state index contributed by atoms with van der Waals surface area (Å²) in [5.74, 6) is 1.63. The van der Waals surface area contributed by atoms with E-state index >= 15 is 0 Å². The molecule has 0 fully saturated rings. The van der Waals surface area contributed by atoms with Gasteiger partial charge in [0.05, 0.1) is 18.8 Å². The van der Waals surface area contributed by atoms with Crippen molar-refractivity contribution in [3.8, 4) is 0 Å². The van der Waals surface area contributed by atoms with Gasteiger partial charge < -0.3 is 14.8 Å². The van der Waals surface area contributed by atoms with Crippen LogP contribution in [0.2, 0.25) is 0 Å². The summed E-state index contributed by atoms with van der Waals surface area (Å²) in [7, 11) is 0. The zero-order valence-corrected chi connectivity index (χ0v) is 8.79. The Morgan fingerprint density at radius 3 is 3.00 bits per heavy atom. The van der Waals surface area contributed by atoms with Crippen molar-refractivity contribution in [2.45, 2.75) is 39.3 Å². The van der Waals surface area contributed by atoms with Crippen molar-refractivity contribution < 1.29 is 9.52 Å². The zero-order valence-electron chi connectivity index (χ0n) is 8.79. The first-order chi connectivity index (χ1) is 6.72. The Kier molecular flexibility index (Phi) is 4.62. The van der Waals surface area contributed by atoms with E-state index < -0.39 is 0 Å². The Morgan fingerprint density at radius 1 is 1.64 bits per heavy atom. The average Bonchev–Trinajstić information content (AvgIpc) is 2.60. The van der Waals surface area contributed by atoms with Gasteiger partial charge in [0, 0.05) is 6.42 Å². The Labute approximate surface area is 84.3 Å². The third kappa shape index (κ3) is 3.89. The van der Waals surface area contributed by atoms with Gasteiger partial charge in [0.15, 0.2) is 0 Å². The van der Waals surface area contributed by atoms with E-state index in [1.54, 1.807) is 13.1 Å². The fourth-order valence-corrected chi connectivity index (χ4v) is 1.10. The smallest absolute Gasteiger partial charge is 0.208 e. The average molecular weight is 198 g/mol. The van der Waals surface area contributed by atoms with Crippen LogP contribution in [0.1, 0.15) is 31.9 Å². The van der Waals surface area contributed by atoms with Crippen LogP contribution in [0.25, 0.3) is 0 Å². The minimum absolute atomic E-state index is 0.252. The van der Waals surface area contributed by atoms with Gasteiger partial charge in [0.1, 0.15) is 5.76 Å². The molecule has 1 unspecified atom stereocenters. The number of aliphatic hydroxyl groups is 1. The highest BCUT2D eigenvalue weighted by Gasteiger charge is 2.01. The highest BCUT2D eigenvalue weighted by atomic mass is 16.4. The van der Waals surface area contributed by atoms with Crippen molar-refractivity contribution in [3.63, 3.8) is 0 Å². The molecule has 4 heteroatoms. The highest BCUT2D eigenvalue weighted by molar-refractivity contribution is 4.93. The predicted octanol–water partition coefficient (Wildman–Crippen LogP) is 1.10. The van der Waals surface area contributed by atoms with Crippen molar-refractivity contribution in [3.05, 3.63) is 17.8 Å². The number of nitrogens with one attached hydrogen (secondary N) is 1. The summed E-state index contributed by atoms with van der Waals surface area (Å²) in [4.78, 5) is 4.11. The maximum atomic E-state index is 9.01. The van der Waals surface area contributed by atoms with Gasteiger partial charge in [0.2, 0.25) is 5.89 Å². The summed E-state index contributed by atoms with van der Waals surface area (Å²) < 4.78 is 5.40. The minimum atomic E-state index is -0.252. The molecule has 0 amide bonds. The second-order valence-corrected chi connectivity index (χ2v) is 3.39. The first kappa shape index (κ1) is 11.2. The number of aryl methyl sites for hydroxylation is 1. The van der Waals surface area contributed by atoms with Crippen LogP contribution in [0.4, 0.5) is 0 Å². The SMILES string of the molecule is CCc1cnc(CNCCC(C)O)o1. The maximum Gasteiger partial charge on any atom is 0.208 e. The number of aromatic nitrogens is 1. The topological polar surface area (TPSA) is 58.3 Å². The predicted molar refractivity (Wildman–Crippen MR) is 53.9 cm³/mol. The summed E-state index contributed by atoms with van der Waals surface area (Å²) >= 11 is 0. The van der Waals surface area contributed by atoms with E-state index in [9.17, 15) is 0 Å². The monoisotopic (exact) mass is 198 g/mol. The zero-order chi connectivity index (χ0) is 10.4. The highest BCUT2D eigenvalue weighted by Crippen LogP contribution is 2.03. The molecule has 0 bridgehead atoms. The number of hydrogen-bond donors (Lipinski definition) is 2. The molecular formula is C10H18N2O2.